The SMILES string of the molecule is CC(=O)c1ccc(Nc2ccc(Cl)cc2Br)cc1N. The van der Waals surface area contributed by atoms with E-state index in [1.54, 1.807) is 24.3 Å². The number of nitrogens with one attached hydrogen (secondary N) is 1. The molecule has 0 heterocycles. The van der Waals surface area contributed by atoms with Crippen molar-refractivity contribution in [2.75, 3.05) is 11.1 Å². The number of Topliss-reactive ketones (excluding diaryl/α,β-unsaturated/α-hetero) is 1. The highest BCUT2D eigenvalue weighted by atomic mass is 79.9. The number of hydrogen-bond acceptors (Lipinski definition) is 3. The highest BCUT2D eigenvalue weighted by Crippen LogP contribution is 2.29. The second-order valence-corrected chi connectivity index (χ2v) is 5.40. The van der Waals surface area contributed by atoms with E-state index in [2.05, 4.69) is 21.2 Å². The van der Waals surface area contributed by atoms with Crippen LogP contribution in [0.25, 0.3) is 0 Å². The molecule has 5 heteroatoms. The average Bonchev–Trinajstić information content (AvgIpc) is 2.32. The van der Waals surface area contributed by atoms with Crippen molar-refractivity contribution in [3.63, 3.8) is 0 Å². The van der Waals surface area contributed by atoms with Crippen molar-refractivity contribution in [1.29, 1.82) is 0 Å². The zero-order valence-electron chi connectivity index (χ0n) is 10.2. The molecule has 0 atom stereocenters. The van der Waals surface area contributed by atoms with Crippen LogP contribution >= 0.6 is 27.5 Å². The lowest BCUT2D eigenvalue weighted by Crippen LogP contribution is -2.01. The summed E-state index contributed by atoms with van der Waals surface area (Å²) < 4.78 is 0.856. The van der Waals surface area contributed by atoms with Crippen LogP contribution in [0, 0.1) is 0 Å². The Morgan fingerprint density at radius 1 is 1.26 bits per heavy atom. The van der Waals surface area contributed by atoms with Crippen LogP contribution in [0.3, 0.4) is 0 Å². The number of ketones is 1. The summed E-state index contributed by atoms with van der Waals surface area (Å²) in [6, 6.07) is 10.7. The molecule has 0 aliphatic carbocycles. The molecule has 0 amide bonds. The minimum atomic E-state index is -0.0447. The Bertz CT molecular complexity index is 643. The fourth-order valence-electron chi connectivity index (χ4n) is 1.71. The Morgan fingerprint density at radius 3 is 2.58 bits per heavy atom. The van der Waals surface area contributed by atoms with Gasteiger partial charge in [-0.1, -0.05) is 11.6 Å². The summed E-state index contributed by atoms with van der Waals surface area (Å²) in [7, 11) is 0. The van der Waals surface area contributed by atoms with Gasteiger partial charge in [0, 0.05) is 26.4 Å². The third-order valence-corrected chi connectivity index (χ3v) is 3.53. The van der Waals surface area contributed by atoms with Gasteiger partial charge in [0.1, 0.15) is 0 Å². The minimum Gasteiger partial charge on any atom is -0.398 e. The highest BCUT2D eigenvalue weighted by Gasteiger charge is 2.06. The second-order valence-electron chi connectivity index (χ2n) is 4.11. The summed E-state index contributed by atoms with van der Waals surface area (Å²) >= 11 is 9.31. The van der Waals surface area contributed by atoms with E-state index in [1.165, 1.54) is 6.92 Å². The van der Waals surface area contributed by atoms with Gasteiger partial charge in [-0.3, -0.25) is 4.79 Å². The summed E-state index contributed by atoms with van der Waals surface area (Å²) in [4.78, 5) is 11.3. The Kier molecular flexibility index (Phi) is 4.12. The maximum Gasteiger partial charge on any atom is 0.161 e. The fourth-order valence-corrected chi connectivity index (χ4v) is 2.49. The first kappa shape index (κ1) is 13.9. The molecule has 0 saturated carbocycles. The molecule has 3 nitrogen and oxygen atoms in total. The van der Waals surface area contributed by atoms with Crippen LogP contribution in [0.15, 0.2) is 40.9 Å². The van der Waals surface area contributed by atoms with Crippen molar-refractivity contribution in [2.45, 2.75) is 6.92 Å². The number of rotatable bonds is 3. The van der Waals surface area contributed by atoms with Crippen molar-refractivity contribution in [2.24, 2.45) is 0 Å². The van der Waals surface area contributed by atoms with Gasteiger partial charge in [0.2, 0.25) is 0 Å². The van der Waals surface area contributed by atoms with Crippen LogP contribution in [-0.4, -0.2) is 5.78 Å². The molecule has 0 radical (unpaired) electrons. The molecule has 3 N–H and O–H groups in total. The number of carbonyl (C=O) groups is 1. The number of anilines is 3. The molecule has 2 rings (SSSR count). The lowest BCUT2D eigenvalue weighted by atomic mass is 10.1. The second kappa shape index (κ2) is 5.63. The lowest BCUT2D eigenvalue weighted by Gasteiger charge is -2.11. The van der Waals surface area contributed by atoms with Crippen molar-refractivity contribution >= 4 is 50.4 Å². The van der Waals surface area contributed by atoms with Gasteiger partial charge in [-0.15, -0.1) is 0 Å². The standard InChI is InChI=1S/C14H12BrClN2O/c1-8(19)11-4-3-10(7-13(11)17)18-14-5-2-9(16)6-12(14)15/h2-7,18H,17H2,1H3. The van der Waals surface area contributed by atoms with E-state index in [9.17, 15) is 4.79 Å². The van der Waals surface area contributed by atoms with E-state index in [0.29, 0.717) is 16.3 Å². The summed E-state index contributed by atoms with van der Waals surface area (Å²) in [5.41, 5.74) is 8.52. The van der Waals surface area contributed by atoms with Crippen LogP contribution in [0.2, 0.25) is 5.02 Å². The Morgan fingerprint density at radius 2 is 2.00 bits per heavy atom. The van der Waals surface area contributed by atoms with Crippen molar-refractivity contribution in [3.05, 3.63) is 51.5 Å². The molecule has 0 spiro atoms. The van der Waals surface area contributed by atoms with Crippen LogP contribution in [0.5, 0.6) is 0 Å². The summed E-state index contributed by atoms with van der Waals surface area (Å²) in [5, 5.41) is 3.87. The predicted molar refractivity (Wildman–Crippen MR) is 83.3 cm³/mol. The third-order valence-electron chi connectivity index (χ3n) is 2.64. The van der Waals surface area contributed by atoms with Gasteiger partial charge in [0.05, 0.1) is 5.69 Å². The van der Waals surface area contributed by atoms with E-state index in [1.807, 2.05) is 12.1 Å². The van der Waals surface area contributed by atoms with E-state index in [-0.39, 0.29) is 5.78 Å². The van der Waals surface area contributed by atoms with Crippen LogP contribution in [0.1, 0.15) is 17.3 Å². The maximum atomic E-state index is 11.3. The van der Waals surface area contributed by atoms with Crippen molar-refractivity contribution in [3.8, 4) is 0 Å². The summed E-state index contributed by atoms with van der Waals surface area (Å²) in [5.74, 6) is -0.0447. The Hall–Kier alpha value is -1.52. The molecule has 0 aliphatic heterocycles. The molecular weight excluding hydrogens is 328 g/mol. The molecule has 98 valence electrons. The van der Waals surface area contributed by atoms with Gasteiger partial charge in [0.15, 0.2) is 5.78 Å². The van der Waals surface area contributed by atoms with Gasteiger partial charge in [-0.2, -0.15) is 0 Å². The number of carbonyl (C=O) groups excluding carboxylic acids is 1. The first-order valence-electron chi connectivity index (χ1n) is 5.60. The molecule has 0 aliphatic rings. The third kappa shape index (κ3) is 3.28. The largest absolute Gasteiger partial charge is 0.398 e. The number of hydrogen-bond donors (Lipinski definition) is 2. The van der Waals surface area contributed by atoms with Crippen LogP contribution in [0.4, 0.5) is 17.1 Å². The molecule has 0 bridgehead atoms. The molecule has 0 aromatic heterocycles. The van der Waals surface area contributed by atoms with E-state index in [0.717, 1.165) is 15.8 Å². The molecule has 0 unspecified atom stereocenters. The van der Waals surface area contributed by atoms with E-state index < -0.39 is 0 Å². The monoisotopic (exact) mass is 338 g/mol. The Balaban J connectivity index is 2.29. The smallest absolute Gasteiger partial charge is 0.161 e. The quantitative estimate of drug-likeness (QED) is 0.633. The van der Waals surface area contributed by atoms with Crippen molar-refractivity contribution < 1.29 is 4.79 Å². The minimum absolute atomic E-state index is 0.0447. The molecular formula is C14H12BrClN2O. The normalized spacial score (nSPS) is 10.3. The fraction of sp³-hybridized carbons (Fsp3) is 0.0714. The molecule has 0 fully saturated rings. The molecule has 2 aromatic rings. The van der Waals surface area contributed by atoms with Gasteiger partial charge in [-0.05, 0) is 59.3 Å². The van der Waals surface area contributed by atoms with Gasteiger partial charge < -0.3 is 11.1 Å². The van der Waals surface area contributed by atoms with Gasteiger partial charge in [0.25, 0.3) is 0 Å². The first-order valence-corrected chi connectivity index (χ1v) is 6.77. The van der Waals surface area contributed by atoms with Crippen LogP contribution < -0.4 is 11.1 Å². The van der Waals surface area contributed by atoms with Crippen molar-refractivity contribution in [1.82, 2.24) is 0 Å². The zero-order valence-corrected chi connectivity index (χ0v) is 12.5. The molecule has 0 saturated heterocycles. The number of halogens is 2. The highest BCUT2D eigenvalue weighted by molar-refractivity contribution is 9.10. The Labute approximate surface area is 124 Å². The van der Waals surface area contributed by atoms with E-state index in [4.69, 9.17) is 17.3 Å². The summed E-state index contributed by atoms with van der Waals surface area (Å²) in [6.45, 7) is 1.49. The average molecular weight is 340 g/mol. The summed E-state index contributed by atoms with van der Waals surface area (Å²) in [6.07, 6.45) is 0. The van der Waals surface area contributed by atoms with E-state index >= 15 is 0 Å². The molecule has 2 aromatic carbocycles. The number of benzene rings is 2. The topological polar surface area (TPSA) is 55.1 Å². The lowest BCUT2D eigenvalue weighted by molar-refractivity contribution is 0.101. The maximum absolute atomic E-state index is 11.3. The van der Waals surface area contributed by atoms with Crippen LogP contribution in [-0.2, 0) is 0 Å². The molecule has 19 heavy (non-hydrogen) atoms. The number of nitrogens with two attached hydrogens (primary N) is 1. The first-order chi connectivity index (χ1) is 8.97. The predicted octanol–water partition coefficient (Wildman–Crippen LogP) is 4.63. The van der Waals surface area contributed by atoms with Gasteiger partial charge in [-0.25, -0.2) is 0 Å². The van der Waals surface area contributed by atoms with Gasteiger partial charge >= 0.3 is 0 Å². The zero-order chi connectivity index (χ0) is 14.0. The number of nitrogen functional groups attached to an aromatic ring is 1.